The number of likely N-dealkylation sites (tertiary alicyclic amines) is 1. The van der Waals surface area contributed by atoms with Gasteiger partial charge in [-0.15, -0.1) is 0 Å². The second kappa shape index (κ2) is 7.21. The second-order valence-electron chi connectivity index (χ2n) is 7.01. The van der Waals surface area contributed by atoms with Crippen LogP contribution in [0.25, 0.3) is 0 Å². The lowest BCUT2D eigenvalue weighted by atomic mass is 9.94. The van der Waals surface area contributed by atoms with Gasteiger partial charge in [0.15, 0.2) is 0 Å². The molecule has 2 aliphatic heterocycles. The molecule has 0 spiro atoms. The van der Waals surface area contributed by atoms with Crippen LogP contribution in [0.1, 0.15) is 46.5 Å². The van der Waals surface area contributed by atoms with Crippen LogP contribution in [-0.4, -0.2) is 62.0 Å². The number of rotatable bonds is 6. The Bertz CT molecular complexity index is 298. The van der Waals surface area contributed by atoms with E-state index in [1.807, 2.05) is 7.11 Å². The first-order valence-electron chi connectivity index (χ1n) is 8.17. The van der Waals surface area contributed by atoms with Crippen LogP contribution in [0.2, 0.25) is 0 Å². The molecule has 0 aromatic rings. The van der Waals surface area contributed by atoms with Gasteiger partial charge in [-0.2, -0.15) is 0 Å². The zero-order valence-electron chi connectivity index (χ0n) is 13.7. The van der Waals surface area contributed by atoms with Crippen LogP contribution in [0.4, 0.5) is 0 Å². The summed E-state index contributed by atoms with van der Waals surface area (Å²) >= 11 is 0. The van der Waals surface area contributed by atoms with Crippen molar-refractivity contribution in [2.75, 3.05) is 33.3 Å². The summed E-state index contributed by atoms with van der Waals surface area (Å²) in [5, 5.41) is 3.48. The van der Waals surface area contributed by atoms with E-state index >= 15 is 0 Å². The molecule has 3 unspecified atom stereocenters. The van der Waals surface area contributed by atoms with Crippen molar-refractivity contribution in [3.8, 4) is 0 Å². The highest BCUT2D eigenvalue weighted by molar-refractivity contribution is 4.87. The Morgan fingerprint density at radius 2 is 2.10 bits per heavy atom. The van der Waals surface area contributed by atoms with Crippen molar-refractivity contribution >= 4 is 0 Å². The summed E-state index contributed by atoms with van der Waals surface area (Å²) in [7, 11) is 1.84. The van der Waals surface area contributed by atoms with Crippen LogP contribution < -0.4 is 5.32 Å². The summed E-state index contributed by atoms with van der Waals surface area (Å²) in [4.78, 5) is 2.52. The first-order valence-corrected chi connectivity index (χ1v) is 8.17. The van der Waals surface area contributed by atoms with Crippen LogP contribution in [0.3, 0.4) is 0 Å². The van der Waals surface area contributed by atoms with Gasteiger partial charge in [-0.1, -0.05) is 13.8 Å². The number of nitrogens with zero attached hydrogens (tertiary/aromatic N) is 1. The van der Waals surface area contributed by atoms with E-state index in [2.05, 4.69) is 31.0 Å². The molecule has 3 atom stereocenters. The van der Waals surface area contributed by atoms with Crippen LogP contribution in [-0.2, 0) is 9.47 Å². The van der Waals surface area contributed by atoms with E-state index in [1.54, 1.807) is 0 Å². The molecule has 1 N–H and O–H groups in total. The Morgan fingerprint density at radius 3 is 2.80 bits per heavy atom. The standard InChI is InChI=1S/C16H32N2O2/c1-13(2)17-10-14-6-7-15(20-14)11-18-9-5-8-16(3,12-18)19-4/h13-15,17H,5-12H2,1-4H3. The van der Waals surface area contributed by atoms with E-state index in [4.69, 9.17) is 9.47 Å². The molecular weight excluding hydrogens is 252 g/mol. The third-order valence-electron chi connectivity index (χ3n) is 4.64. The van der Waals surface area contributed by atoms with Gasteiger partial charge in [-0.05, 0) is 39.2 Å². The quantitative estimate of drug-likeness (QED) is 0.809. The highest BCUT2D eigenvalue weighted by Crippen LogP contribution is 2.26. The molecule has 4 nitrogen and oxygen atoms in total. The Hall–Kier alpha value is -0.160. The van der Waals surface area contributed by atoms with Gasteiger partial charge >= 0.3 is 0 Å². The predicted molar refractivity (Wildman–Crippen MR) is 82.1 cm³/mol. The number of piperidine rings is 1. The molecule has 0 aromatic heterocycles. The minimum absolute atomic E-state index is 0.0372. The fraction of sp³-hybridized carbons (Fsp3) is 1.00. The lowest BCUT2D eigenvalue weighted by Crippen LogP contribution is -2.49. The van der Waals surface area contributed by atoms with E-state index in [0.717, 1.165) is 19.6 Å². The lowest BCUT2D eigenvalue weighted by Gasteiger charge is -2.40. The van der Waals surface area contributed by atoms with Gasteiger partial charge in [0.1, 0.15) is 0 Å². The van der Waals surface area contributed by atoms with Crippen molar-refractivity contribution in [2.24, 2.45) is 0 Å². The predicted octanol–water partition coefficient (Wildman–Crippen LogP) is 2.03. The molecule has 0 saturated carbocycles. The molecule has 0 aliphatic carbocycles. The minimum Gasteiger partial charge on any atom is -0.377 e. The van der Waals surface area contributed by atoms with Crippen molar-refractivity contribution in [3.63, 3.8) is 0 Å². The number of hydrogen-bond acceptors (Lipinski definition) is 4. The van der Waals surface area contributed by atoms with Crippen LogP contribution in [0.15, 0.2) is 0 Å². The van der Waals surface area contributed by atoms with E-state index in [1.165, 1.54) is 32.2 Å². The fourth-order valence-electron chi connectivity index (χ4n) is 3.35. The monoisotopic (exact) mass is 284 g/mol. The summed E-state index contributed by atoms with van der Waals surface area (Å²) in [5.74, 6) is 0. The summed E-state index contributed by atoms with van der Waals surface area (Å²) in [5.41, 5.74) is 0.0372. The van der Waals surface area contributed by atoms with E-state index < -0.39 is 0 Å². The zero-order valence-corrected chi connectivity index (χ0v) is 13.7. The van der Waals surface area contributed by atoms with Gasteiger partial charge in [-0.25, -0.2) is 0 Å². The third kappa shape index (κ3) is 4.69. The lowest BCUT2D eigenvalue weighted by molar-refractivity contribution is -0.0638. The van der Waals surface area contributed by atoms with Gasteiger partial charge in [0.25, 0.3) is 0 Å². The normalized spacial score (nSPS) is 35.9. The SMILES string of the molecule is COC1(C)CCCN(CC2CCC(CNC(C)C)O2)C1. The molecular formula is C16H32N2O2. The van der Waals surface area contributed by atoms with Gasteiger partial charge in [-0.3, -0.25) is 4.90 Å². The van der Waals surface area contributed by atoms with E-state index in [9.17, 15) is 0 Å². The van der Waals surface area contributed by atoms with Crippen LogP contribution >= 0.6 is 0 Å². The fourth-order valence-corrected chi connectivity index (χ4v) is 3.35. The second-order valence-corrected chi connectivity index (χ2v) is 7.01. The number of ether oxygens (including phenoxy) is 2. The largest absolute Gasteiger partial charge is 0.377 e. The van der Waals surface area contributed by atoms with Crippen molar-refractivity contribution in [1.29, 1.82) is 0 Å². The van der Waals surface area contributed by atoms with Crippen molar-refractivity contribution in [3.05, 3.63) is 0 Å². The molecule has 0 aromatic carbocycles. The van der Waals surface area contributed by atoms with E-state index in [-0.39, 0.29) is 5.60 Å². The number of hydrogen-bond donors (Lipinski definition) is 1. The summed E-state index contributed by atoms with van der Waals surface area (Å²) in [6.45, 7) is 10.9. The molecule has 20 heavy (non-hydrogen) atoms. The van der Waals surface area contributed by atoms with Gasteiger partial charge in [0, 0.05) is 32.8 Å². The molecule has 118 valence electrons. The number of methoxy groups -OCH3 is 1. The molecule has 2 fully saturated rings. The molecule has 4 heteroatoms. The zero-order chi connectivity index (χ0) is 14.6. The highest BCUT2D eigenvalue weighted by atomic mass is 16.5. The maximum Gasteiger partial charge on any atom is 0.0777 e. The summed E-state index contributed by atoms with van der Waals surface area (Å²) < 4.78 is 11.8. The molecule has 2 saturated heterocycles. The van der Waals surface area contributed by atoms with E-state index in [0.29, 0.717) is 18.2 Å². The van der Waals surface area contributed by atoms with Crippen LogP contribution in [0, 0.1) is 0 Å². The van der Waals surface area contributed by atoms with Crippen molar-refractivity contribution in [2.45, 2.75) is 70.3 Å². The van der Waals surface area contributed by atoms with Crippen molar-refractivity contribution < 1.29 is 9.47 Å². The summed E-state index contributed by atoms with van der Waals surface area (Å²) in [6.07, 6.45) is 5.61. The van der Waals surface area contributed by atoms with Crippen molar-refractivity contribution in [1.82, 2.24) is 10.2 Å². The average Bonchev–Trinajstić information content (AvgIpc) is 2.84. The molecule has 0 radical (unpaired) electrons. The van der Waals surface area contributed by atoms with Gasteiger partial charge in [0.2, 0.25) is 0 Å². The Kier molecular flexibility index (Phi) is 5.84. The average molecular weight is 284 g/mol. The molecule has 2 heterocycles. The topological polar surface area (TPSA) is 33.7 Å². The molecule has 0 amide bonds. The van der Waals surface area contributed by atoms with Gasteiger partial charge < -0.3 is 14.8 Å². The first-order chi connectivity index (χ1) is 9.50. The summed E-state index contributed by atoms with van der Waals surface area (Å²) in [6, 6.07) is 0.544. The third-order valence-corrected chi connectivity index (χ3v) is 4.64. The highest BCUT2D eigenvalue weighted by Gasteiger charge is 2.33. The molecule has 0 bridgehead atoms. The molecule has 2 aliphatic rings. The van der Waals surface area contributed by atoms with Gasteiger partial charge in [0.05, 0.1) is 17.8 Å². The van der Waals surface area contributed by atoms with Crippen LogP contribution in [0.5, 0.6) is 0 Å². The maximum atomic E-state index is 6.17. The Balaban J connectivity index is 1.72. The minimum atomic E-state index is 0.0372. The first kappa shape index (κ1) is 16.2. The smallest absolute Gasteiger partial charge is 0.0777 e. The number of nitrogens with one attached hydrogen (secondary N) is 1. The Morgan fingerprint density at radius 1 is 1.35 bits per heavy atom. The Labute approximate surface area is 124 Å². The maximum absolute atomic E-state index is 6.17. The molecule has 2 rings (SSSR count).